The summed E-state index contributed by atoms with van der Waals surface area (Å²) in [6, 6.07) is 0. The molecule has 0 amide bonds. The zero-order chi connectivity index (χ0) is 73.2. The van der Waals surface area contributed by atoms with E-state index >= 15 is 0 Å². The highest BCUT2D eigenvalue weighted by Gasteiger charge is 2.30. The monoisotopic (exact) mass is 1440 g/mol. The number of allylic oxidation sites excluding steroid dienone is 22. The summed E-state index contributed by atoms with van der Waals surface area (Å²) in [4.78, 5) is 72.8. The lowest BCUT2D eigenvalue weighted by Crippen LogP contribution is -2.30. The minimum atomic E-state index is -5.00. The molecule has 0 aliphatic rings. The van der Waals surface area contributed by atoms with Gasteiger partial charge in [-0.25, -0.2) is 9.13 Å². The van der Waals surface area contributed by atoms with Gasteiger partial charge in [0.1, 0.15) is 19.3 Å². The van der Waals surface area contributed by atoms with Gasteiger partial charge in [-0.3, -0.25) is 37.3 Å². The van der Waals surface area contributed by atoms with E-state index in [4.69, 9.17) is 37.0 Å². The van der Waals surface area contributed by atoms with Crippen molar-refractivity contribution in [2.24, 2.45) is 0 Å². The Labute approximate surface area is 605 Å². The van der Waals surface area contributed by atoms with Gasteiger partial charge in [-0.05, 0) is 141 Å². The summed E-state index contributed by atoms with van der Waals surface area (Å²) < 4.78 is 68.4. The Morgan fingerprint density at radius 3 is 0.910 bits per heavy atom. The molecular weight excluding hydrogens is 1310 g/mol. The van der Waals surface area contributed by atoms with Crippen LogP contribution in [-0.4, -0.2) is 96.7 Å². The fourth-order valence-electron chi connectivity index (χ4n) is 9.73. The van der Waals surface area contributed by atoms with Crippen LogP contribution >= 0.6 is 15.6 Å². The molecule has 5 atom stereocenters. The normalized spacial score (nSPS) is 14.7. The smallest absolute Gasteiger partial charge is 0.462 e. The van der Waals surface area contributed by atoms with Crippen LogP contribution < -0.4 is 0 Å². The van der Waals surface area contributed by atoms with Gasteiger partial charge in [0.25, 0.3) is 0 Å². The van der Waals surface area contributed by atoms with E-state index in [2.05, 4.69) is 143 Å². The van der Waals surface area contributed by atoms with E-state index in [-0.39, 0.29) is 25.7 Å². The van der Waals surface area contributed by atoms with Crippen LogP contribution in [0.4, 0.5) is 0 Å². The predicted molar refractivity (Wildman–Crippen MR) is 408 cm³/mol. The molecule has 0 spiro atoms. The van der Waals surface area contributed by atoms with Crippen LogP contribution in [0.3, 0.4) is 0 Å². The first-order valence-electron chi connectivity index (χ1n) is 38.4. The van der Waals surface area contributed by atoms with Crippen LogP contribution in [-0.2, 0) is 65.4 Å². The van der Waals surface area contributed by atoms with Gasteiger partial charge >= 0.3 is 39.5 Å². The Morgan fingerprint density at radius 2 is 0.560 bits per heavy atom. The number of phosphoric acid groups is 2. The van der Waals surface area contributed by atoms with Crippen molar-refractivity contribution >= 4 is 39.5 Å². The fourth-order valence-corrected chi connectivity index (χ4v) is 11.3. The van der Waals surface area contributed by atoms with Crippen molar-refractivity contribution in [3.63, 3.8) is 0 Å². The second-order valence-corrected chi connectivity index (χ2v) is 28.1. The molecule has 0 aromatic carbocycles. The van der Waals surface area contributed by atoms with Crippen LogP contribution in [0.2, 0.25) is 0 Å². The van der Waals surface area contributed by atoms with Crippen LogP contribution in [0.1, 0.15) is 297 Å². The summed E-state index contributed by atoms with van der Waals surface area (Å²) in [7, 11) is -9.98. The number of esters is 4. The van der Waals surface area contributed by atoms with Crippen LogP contribution in [0.5, 0.6) is 0 Å². The van der Waals surface area contributed by atoms with Crippen LogP contribution in [0.25, 0.3) is 0 Å². The predicted octanol–water partition coefficient (Wildman–Crippen LogP) is 22.1. The van der Waals surface area contributed by atoms with Crippen molar-refractivity contribution in [2.75, 3.05) is 39.6 Å². The van der Waals surface area contributed by atoms with E-state index in [1.54, 1.807) is 0 Å². The lowest BCUT2D eigenvalue weighted by molar-refractivity contribution is -0.161. The Kier molecular flexibility index (Phi) is 69.1. The molecule has 0 saturated carbocycles. The standard InChI is InChI=1S/C81H136O17P2/c1-5-9-13-17-21-25-29-33-35-36-37-38-40-44-46-50-54-58-62-66-79(84)92-72-77(98-81(86)68-64-60-56-52-48-42-32-28-24-20-16-12-8-4)74-96-100(89,90)94-70-75(82)69-93-99(87,88)95-73-76(97-80(85)67-63-59-55-51-47-41-31-27-23-19-15-11-7-3)71-91-78(83)65-61-57-53-49-45-43-39-34-30-26-22-18-14-10-6-2/h9,13,15-16,19-21,25,27-28,31-35,37-39,44,46,54,58,75-77,82H,5-8,10-12,14,17-18,22-24,26,29-30,36,40-43,45,47-53,55-57,59-74H2,1-4H3,(H,87,88)(H,89,90)/b13-9-,19-15-,20-16-,25-21-,31-27-,32-28-,35-33-,38-37-,39-34-,46-44-,58-54-. The first kappa shape index (κ1) is 95.2. The van der Waals surface area contributed by atoms with Gasteiger partial charge in [0.15, 0.2) is 12.2 Å². The molecule has 0 saturated heterocycles. The number of unbranched alkanes of at least 4 members (excludes halogenated alkanes) is 23. The molecule has 100 heavy (non-hydrogen) atoms. The van der Waals surface area contributed by atoms with Gasteiger partial charge in [-0.1, -0.05) is 264 Å². The van der Waals surface area contributed by atoms with E-state index in [9.17, 15) is 43.2 Å². The first-order chi connectivity index (χ1) is 48.7. The van der Waals surface area contributed by atoms with Crippen molar-refractivity contribution in [1.29, 1.82) is 0 Å². The molecule has 0 rings (SSSR count). The molecule has 0 aromatic rings. The minimum absolute atomic E-state index is 0.0296. The Balaban J connectivity index is 5.42. The highest BCUT2D eigenvalue weighted by Crippen LogP contribution is 2.45. The molecule has 3 N–H and O–H groups in total. The fraction of sp³-hybridized carbons (Fsp3) is 0.679. The number of hydrogen-bond acceptors (Lipinski definition) is 15. The molecule has 0 aliphatic heterocycles. The summed E-state index contributed by atoms with van der Waals surface area (Å²) in [6.45, 7) is 4.49. The Bertz CT molecular complexity index is 2420. The zero-order valence-corrected chi connectivity index (χ0v) is 64.1. The minimum Gasteiger partial charge on any atom is -0.462 e. The second kappa shape index (κ2) is 72.5. The van der Waals surface area contributed by atoms with Crippen LogP contribution in [0, 0.1) is 0 Å². The van der Waals surface area contributed by atoms with Gasteiger partial charge in [0, 0.05) is 25.7 Å². The Hall–Kier alpha value is -4.80. The summed E-state index contributed by atoms with van der Waals surface area (Å²) in [5.41, 5.74) is 0. The van der Waals surface area contributed by atoms with E-state index < -0.39 is 97.5 Å². The van der Waals surface area contributed by atoms with Crippen molar-refractivity contribution in [2.45, 2.75) is 316 Å². The second-order valence-electron chi connectivity index (χ2n) is 25.2. The molecule has 0 aromatic heterocycles. The lowest BCUT2D eigenvalue weighted by Gasteiger charge is -2.21. The van der Waals surface area contributed by atoms with Crippen molar-refractivity contribution < 1.29 is 80.2 Å². The van der Waals surface area contributed by atoms with Crippen molar-refractivity contribution in [3.8, 4) is 0 Å². The number of phosphoric ester groups is 2. The molecule has 0 aliphatic carbocycles. The van der Waals surface area contributed by atoms with E-state index in [0.717, 1.165) is 173 Å². The SMILES string of the molecule is CC/C=C\C/C=C\C/C=C\C/C=C\C/C=C\C/C=C\CCC(=O)OCC(COP(=O)(O)OCC(O)COP(=O)(O)OCC(COC(=O)CCCCCCC/C=C\CCCCCCCC)OC(=O)CCCCCCC/C=C\C/C=C\CCC)OC(=O)CCCCCCC/C=C\C/C=C\CCC. The quantitative estimate of drug-likeness (QED) is 0.0169. The lowest BCUT2D eigenvalue weighted by atomic mass is 10.1. The van der Waals surface area contributed by atoms with Gasteiger partial charge in [-0.2, -0.15) is 0 Å². The zero-order valence-electron chi connectivity index (χ0n) is 62.3. The summed E-state index contributed by atoms with van der Waals surface area (Å²) >= 11 is 0. The molecule has 17 nitrogen and oxygen atoms in total. The van der Waals surface area contributed by atoms with Gasteiger partial charge < -0.3 is 33.8 Å². The number of carbonyl (C=O) groups is 4. The highest BCUT2D eigenvalue weighted by atomic mass is 31.2. The number of hydrogen-bond donors (Lipinski definition) is 3. The molecule has 19 heteroatoms. The number of rotatable bonds is 71. The van der Waals surface area contributed by atoms with E-state index in [0.29, 0.717) is 32.1 Å². The number of aliphatic hydroxyl groups is 1. The average Bonchev–Trinajstić information content (AvgIpc) is 0.935. The molecule has 572 valence electrons. The summed E-state index contributed by atoms with van der Waals surface area (Å²) in [5.74, 6) is -2.32. The van der Waals surface area contributed by atoms with Crippen molar-refractivity contribution in [3.05, 3.63) is 134 Å². The maximum Gasteiger partial charge on any atom is 0.472 e. The van der Waals surface area contributed by atoms with E-state index in [1.807, 2.05) is 18.2 Å². The largest absolute Gasteiger partial charge is 0.472 e. The van der Waals surface area contributed by atoms with Gasteiger partial charge in [-0.15, -0.1) is 0 Å². The average molecular weight is 1440 g/mol. The topological polar surface area (TPSA) is 237 Å². The third-order valence-corrected chi connectivity index (χ3v) is 17.4. The molecule has 0 heterocycles. The number of ether oxygens (including phenoxy) is 4. The molecular formula is C81H136O17P2. The molecule has 5 unspecified atom stereocenters. The number of aliphatic hydroxyl groups excluding tert-OH is 1. The molecule has 0 radical (unpaired) electrons. The Morgan fingerprint density at radius 1 is 0.290 bits per heavy atom. The molecule has 0 fully saturated rings. The third-order valence-electron chi connectivity index (χ3n) is 15.5. The molecule has 0 bridgehead atoms. The summed E-state index contributed by atoms with van der Waals surface area (Å²) in [6.07, 6.45) is 80.3. The van der Waals surface area contributed by atoms with Gasteiger partial charge in [0.2, 0.25) is 0 Å². The maximum atomic E-state index is 13.1. The van der Waals surface area contributed by atoms with Crippen LogP contribution in [0.15, 0.2) is 134 Å². The first-order valence-corrected chi connectivity index (χ1v) is 41.4. The van der Waals surface area contributed by atoms with E-state index in [1.165, 1.54) is 38.5 Å². The maximum absolute atomic E-state index is 13.1. The van der Waals surface area contributed by atoms with Crippen molar-refractivity contribution in [1.82, 2.24) is 0 Å². The third kappa shape index (κ3) is 71.6. The highest BCUT2D eigenvalue weighted by molar-refractivity contribution is 7.47. The van der Waals surface area contributed by atoms with Gasteiger partial charge in [0.05, 0.1) is 26.4 Å². The summed E-state index contributed by atoms with van der Waals surface area (Å²) in [5, 5.41) is 10.6. The number of carbonyl (C=O) groups excluding carboxylic acids is 4.